The largest absolute Gasteiger partial charge is 0.274 e. The van der Waals surface area contributed by atoms with E-state index in [0.29, 0.717) is 5.69 Å². The van der Waals surface area contributed by atoms with E-state index < -0.39 is 21.6 Å². The van der Waals surface area contributed by atoms with Gasteiger partial charge in [0.2, 0.25) is 11.8 Å². The Bertz CT molecular complexity index is 1190. The monoisotopic (exact) mass is 447 g/mol. The fraction of sp³-hybridized carbons (Fsp3) is 0.231. The Morgan fingerprint density at radius 2 is 1.10 bits per heavy atom. The van der Waals surface area contributed by atoms with Crippen LogP contribution in [0.3, 0.4) is 0 Å². The van der Waals surface area contributed by atoms with Crippen molar-refractivity contribution in [3.63, 3.8) is 0 Å². The van der Waals surface area contributed by atoms with Gasteiger partial charge in [0.1, 0.15) is 9.75 Å². The molecule has 3 aliphatic carbocycles. The molecule has 2 atom stereocenters. The lowest BCUT2D eigenvalue weighted by Gasteiger charge is -2.54. The van der Waals surface area contributed by atoms with Crippen LogP contribution >= 0.6 is 23.2 Å². The third kappa shape index (κ3) is 2.07. The van der Waals surface area contributed by atoms with Crippen molar-refractivity contribution in [1.29, 1.82) is 0 Å². The first kappa shape index (κ1) is 19.1. The van der Waals surface area contributed by atoms with Crippen molar-refractivity contribution in [2.75, 3.05) is 4.90 Å². The molecule has 2 amide bonds. The van der Waals surface area contributed by atoms with Gasteiger partial charge in [-0.2, -0.15) is 0 Å². The molecule has 0 radical (unpaired) electrons. The summed E-state index contributed by atoms with van der Waals surface area (Å²) < 4.78 is 0. The van der Waals surface area contributed by atoms with Crippen molar-refractivity contribution in [3.05, 3.63) is 100 Å². The van der Waals surface area contributed by atoms with Gasteiger partial charge in [-0.05, 0) is 59.4 Å². The molecular weight excluding hydrogens is 429 g/mol. The highest BCUT2D eigenvalue weighted by Crippen LogP contribution is 2.69. The second-order valence-corrected chi connectivity index (χ2v) is 9.94. The zero-order valence-corrected chi connectivity index (χ0v) is 18.5. The topological polar surface area (TPSA) is 37.4 Å². The molecule has 0 aromatic heterocycles. The van der Waals surface area contributed by atoms with Gasteiger partial charge in [-0.15, -0.1) is 23.2 Å². The Labute approximate surface area is 190 Å². The van der Waals surface area contributed by atoms with Gasteiger partial charge in [-0.25, -0.2) is 4.90 Å². The van der Waals surface area contributed by atoms with Crippen LogP contribution in [0, 0.1) is 25.7 Å². The highest BCUT2D eigenvalue weighted by atomic mass is 35.5. The Balaban J connectivity index is 1.65. The third-order valence-corrected chi connectivity index (χ3v) is 8.62. The average molecular weight is 448 g/mol. The minimum absolute atomic E-state index is 0.290. The molecule has 1 fully saturated rings. The van der Waals surface area contributed by atoms with Crippen molar-refractivity contribution in [2.45, 2.75) is 23.6 Å². The maximum atomic E-state index is 13.9. The van der Waals surface area contributed by atoms with E-state index >= 15 is 0 Å². The second kappa shape index (κ2) is 5.99. The highest BCUT2D eigenvalue weighted by molar-refractivity contribution is 6.38. The summed E-state index contributed by atoms with van der Waals surface area (Å²) in [7, 11) is 0. The summed E-state index contributed by atoms with van der Waals surface area (Å²) in [5, 5.41) is 0. The molecule has 0 spiro atoms. The van der Waals surface area contributed by atoms with Crippen LogP contribution in [0.5, 0.6) is 0 Å². The number of halogens is 2. The van der Waals surface area contributed by atoms with Crippen molar-refractivity contribution < 1.29 is 9.59 Å². The first-order valence-corrected chi connectivity index (χ1v) is 11.1. The van der Waals surface area contributed by atoms with Crippen LogP contribution < -0.4 is 4.90 Å². The van der Waals surface area contributed by atoms with Crippen LogP contribution in [0.1, 0.15) is 33.4 Å². The van der Waals surface area contributed by atoms with Gasteiger partial charge < -0.3 is 0 Å². The Kier molecular flexibility index (Phi) is 3.69. The lowest BCUT2D eigenvalue weighted by atomic mass is 9.54. The number of carbonyl (C=O) groups excluding carboxylic acids is 2. The van der Waals surface area contributed by atoms with Gasteiger partial charge in [0.15, 0.2) is 0 Å². The number of alkyl halides is 2. The maximum absolute atomic E-state index is 13.9. The molecule has 31 heavy (non-hydrogen) atoms. The first-order chi connectivity index (χ1) is 14.8. The first-order valence-electron chi connectivity index (χ1n) is 10.3. The lowest BCUT2D eigenvalue weighted by molar-refractivity contribution is -0.122. The SMILES string of the molecule is Cc1ccc(N2C(=O)[C@@H]3[C@@H](C2=O)C2(Cl)c4ccccc4C3(Cl)c3ccccc32)cc1C. The smallest absolute Gasteiger partial charge is 0.240 e. The van der Waals surface area contributed by atoms with E-state index in [4.69, 9.17) is 23.2 Å². The van der Waals surface area contributed by atoms with Gasteiger partial charge >= 0.3 is 0 Å². The van der Waals surface area contributed by atoms with Crippen LogP contribution in [0.15, 0.2) is 66.7 Å². The predicted molar refractivity (Wildman–Crippen MR) is 122 cm³/mol. The maximum Gasteiger partial charge on any atom is 0.240 e. The number of carbonyl (C=O) groups is 2. The number of amides is 2. The van der Waals surface area contributed by atoms with E-state index in [1.807, 2.05) is 80.6 Å². The van der Waals surface area contributed by atoms with Crippen molar-refractivity contribution in [1.82, 2.24) is 0 Å². The molecule has 3 nitrogen and oxygen atoms in total. The highest BCUT2D eigenvalue weighted by Gasteiger charge is 2.73. The van der Waals surface area contributed by atoms with E-state index in [1.54, 1.807) is 0 Å². The molecule has 2 bridgehead atoms. The van der Waals surface area contributed by atoms with Gasteiger partial charge in [-0.1, -0.05) is 54.6 Å². The van der Waals surface area contributed by atoms with Crippen LogP contribution in [0.2, 0.25) is 0 Å². The molecule has 3 aromatic rings. The molecule has 4 aliphatic rings. The molecule has 5 heteroatoms. The van der Waals surface area contributed by atoms with Crippen molar-refractivity contribution in [2.24, 2.45) is 11.8 Å². The molecule has 0 saturated carbocycles. The van der Waals surface area contributed by atoms with Gasteiger partial charge in [0.05, 0.1) is 17.5 Å². The van der Waals surface area contributed by atoms with E-state index in [-0.39, 0.29) is 11.8 Å². The Morgan fingerprint density at radius 1 is 0.677 bits per heavy atom. The molecule has 1 heterocycles. The zero-order chi connectivity index (χ0) is 21.7. The summed E-state index contributed by atoms with van der Waals surface area (Å²) in [5.41, 5.74) is 5.95. The number of hydrogen-bond donors (Lipinski definition) is 0. The third-order valence-electron chi connectivity index (χ3n) is 7.33. The van der Waals surface area contributed by atoms with E-state index in [1.165, 1.54) is 4.90 Å². The fourth-order valence-electron chi connectivity index (χ4n) is 5.79. The summed E-state index contributed by atoms with van der Waals surface area (Å²) >= 11 is 14.9. The standard InChI is InChI=1S/C26H19Cl2NO2/c1-14-11-12-16(13-15(14)2)29-23(30)21-22(24(29)31)26(28)18-8-4-3-7-17(18)25(21,27)19-9-5-6-10-20(19)26/h3-13,21-22H,1-2H3/t21-,22-,25?,26?/m0/s1. The molecule has 154 valence electrons. The number of rotatable bonds is 1. The molecule has 7 rings (SSSR count). The predicted octanol–water partition coefficient (Wildman–Crippen LogP) is 5.40. The number of hydrogen-bond acceptors (Lipinski definition) is 2. The van der Waals surface area contributed by atoms with Gasteiger partial charge in [0.25, 0.3) is 0 Å². The Morgan fingerprint density at radius 3 is 1.48 bits per heavy atom. The summed E-state index contributed by atoms with van der Waals surface area (Å²) in [6.45, 7) is 3.97. The molecule has 0 unspecified atom stereocenters. The number of benzene rings is 3. The van der Waals surface area contributed by atoms with Gasteiger partial charge in [0, 0.05) is 0 Å². The van der Waals surface area contributed by atoms with E-state index in [0.717, 1.165) is 33.4 Å². The van der Waals surface area contributed by atoms with Crippen LogP contribution in [-0.2, 0) is 19.3 Å². The number of anilines is 1. The van der Waals surface area contributed by atoms with Crippen molar-refractivity contribution >= 4 is 40.7 Å². The number of imide groups is 1. The van der Waals surface area contributed by atoms with E-state index in [2.05, 4.69) is 0 Å². The van der Waals surface area contributed by atoms with Gasteiger partial charge in [-0.3, -0.25) is 9.59 Å². The summed E-state index contributed by atoms with van der Waals surface area (Å²) in [5.74, 6) is -2.12. The normalized spacial score (nSPS) is 30.3. The number of nitrogens with zero attached hydrogens (tertiary/aromatic N) is 1. The number of aryl methyl sites for hydroxylation is 2. The minimum Gasteiger partial charge on any atom is -0.274 e. The molecule has 0 N–H and O–H groups in total. The fourth-order valence-corrected chi connectivity index (χ4v) is 6.88. The zero-order valence-electron chi connectivity index (χ0n) is 17.0. The molecular formula is C26H19Cl2NO2. The second-order valence-electron chi connectivity index (χ2n) is 8.75. The lowest BCUT2D eigenvalue weighted by Crippen LogP contribution is -2.57. The summed E-state index contributed by atoms with van der Waals surface area (Å²) in [6.07, 6.45) is 0. The Hall–Kier alpha value is -2.62. The summed E-state index contributed by atoms with van der Waals surface area (Å²) in [6, 6.07) is 21.0. The van der Waals surface area contributed by atoms with Crippen molar-refractivity contribution in [3.8, 4) is 0 Å². The molecule has 3 aromatic carbocycles. The minimum atomic E-state index is -1.14. The summed E-state index contributed by atoms with van der Waals surface area (Å²) in [4.78, 5) is 26.7. The van der Waals surface area contributed by atoms with Crippen LogP contribution in [-0.4, -0.2) is 11.8 Å². The van der Waals surface area contributed by atoms with Crippen LogP contribution in [0.25, 0.3) is 0 Å². The average Bonchev–Trinajstić information content (AvgIpc) is 3.05. The van der Waals surface area contributed by atoms with E-state index in [9.17, 15) is 9.59 Å². The quantitative estimate of drug-likeness (QED) is 0.369. The molecule has 1 aliphatic heterocycles. The molecule has 1 saturated heterocycles. The van der Waals surface area contributed by atoms with Crippen LogP contribution in [0.4, 0.5) is 5.69 Å².